The zero-order valence-corrected chi connectivity index (χ0v) is 11.5. The highest BCUT2D eigenvalue weighted by atomic mass is 35.5. The van der Waals surface area contributed by atoms with Crippen LogP contribution in [0.4, 0.5) is 5.69 Å². The van der Waals surface area contributed by atoms with Crippen LogP contribution in [0.2, 0.25) is 5.02 Å². The van der Waals surface area contributed by atoms with Gasteiger partial charge in [-0.05, 0) is 30.5 Å². The summed E-state index contributed by atoms with van der Waals surface area (Å²) in [6.07, 6.45) is 1.75. The van der Waals surface area contributed by atoms with Crippen LogP contribution < -0.4 is 5.73 Å². The van der Waals surface area contributed by atoms with E-state index in [1.54, 1.807) is 0 Å². The monoisotopic (exact) mass is 263 g/mol. The molecule has 2 rings (SSSR count). The van der Waals surface area contributed by atoms with E-state index in [-0.39, 0.29) is 0 Å². The zero-order chi connectivity index (χ0) is 13.1. The highest BCUT2D eigenvalue weighted by Gasteiger charge is 2.12. The highest BCUT2D eigenvalue weighted by Crippen LogP contribution is 2.20. The Bertz CT molecular complexity index is 546. The van der Waals surface area contributed by atoms with Crippen molar-refractivity contribution in [2.75, 3.05) is 5.73 Å². The second-order valence-electron chi connectivity index (χ2n) is 4.30. The van der Waals surface area contributed by atoms with Gasteiger partial charge in [0, 0.05) is 5.02 Å². The Morgan fingerprint density at radius 1 is 1.28 bits per heavy atom. The topological polar surface area (TPSA) is 43.8 Å². The Balaban J connectivity index is 2.34. The lowest BCUT2D eigenvalue weighted by Crippen LogP contribution is -2.06. The molecule has 18 heavy (non-hydrogen) atoms. The average molecular weight is 264 g/mol. The number of benzene rings is 1. The maximum absolute atomic E-state index is 6.10. The second-order valence-corrected chi connectivity index (χ2v) is 4.74. The summed E-state index contributed by atoms with van der Waals surface area (Å²) in [4.78, 5) is 0. The number of nitrogens with two attached hydrogens (primary N) is 1. The predicted octanol–water partition coefficient (Wildman–Crippen LogP) is 3.29. The molecule has 2 aromatic rings. The number of nitrogens with zero attached hydrogens (tertiary/aromatic N) is 2. The van der Waals surface area contributed by atoms with Crippen LogP contribution in [0.5, 0.6) is 0 Å². The van der Waals surface area contributed by atoms with Gasteiger partial charge in [0.15, 0.2) is 0 Å². The first-order valence-electron chi connectivity index (χ1n) is 6.24. The molecule has 3 nitrogen and oxygen atoms in total. The van der Waals surface area contributed by atoms with Gasteiger partial charge in [-0.2, -0.15) is 5.10 Å². The van der Waals surface area contributed by atoms with Gasteiger partial charge in [0.2, 0.25) is 0 Å². The first kappa shape index (κ1) is 13.0. The molecule has 0 radical (unpaired) electrons. The SMILES string of the molecule is CCc1nn(Cc2cccc(Cl)c2)c(CC)c1N. The van der Waals surface area contributed by atoms with Crippen LogP contribution in [0.25, 0.3) is 0 Å². The fraction of sp³-hybridized carbons (Fsp3) is 0.357. The van der Waals surface area contributed by atoms with Crippen molar-refractivity contribution in [2.45, 2.75) is 33.2 Å². The minimum Gasteiger partial charge on any atom is -0.396 e. The summed E-state index contributed by atoms with van der Waals surface area (Å²) in [6, 6.07) is 7.84. The Labute approximate surface area is 113 Å². The summed E-state index contributed by atoms with van der Waals surface area (Å²) in [5, 5.41) is 5.32. The third kappa shape index (κ3) is 2.51. The molecular weight excluding hydrogens is 246 g/mol. The van der Waals surface area contributed by atoms with Crippen LogP contribution in [-0.4, -0.2) is 9.78 Å². The largest absolute Gasteiger partial charge is 0.396 e. The predicted molar refractivity (Wildman–Crippen MR) is 75.9 cm³/mol. The molecule has 0 aliphatic rings. The Hall–Kier alpha value is -1.48. The molecule has 0 spiro atoms. The molecule has 96 valence electrons. The fourth-order valence-corrected chi connectivity index (χ4v) is 2.35. The lowest BCUT2D eigenvalue weighted by Gasteiger charge is -2.06. The molecule has 0 saturated heterocycles. The lowest BCUT2D eigenvalue weighted by molar-refractivity contribution is 0.641. The third-order valence-electron chi connectivity index (χ3n) is 3.07. The standard InChI is InChI=1S/C14H18ClN3/c1-3-12-14(16)13(4-2)18(17-12)9-10-6-5-7-11(15)8-10/h5-8H,3-4,9,16H2,1-2H3. The summed E-state index contributed by atoms with van der Waals surface area (Å²) >= 11 is 5.99. The number of halogens is 1. The fourth-order valence-electron chi connectivity index (χ4n) is 2.14. The third-order valence-corrected chi connectivity index (χ3v) is 3.30. The van der Waals surface area contributed by atoms with Gasteiger partial charge < -0.3 is 5.73 Å². The van der Waals surface area contributed by atoms with Crippen molar-refractivity contribution in [3.05, 3.63) is 46.2 Å². The molecule has 0 aliphatic carbocycles. The van der Waals surface area contributed by atoms with Crippen LogP contribution >= 0.6 is 11.6 Å². The summed E-state index contributed by atoms with van der Waals surface area (Å²) in [5.41, 5.74) is 10.2. The van der Waals surface area contributed by atoms with Gasteiger partial charge in [0.25, 0.3) is 0 Å². The second kappa shape index (κ2) is 5.44. The summed E-state index contributed by atoms with van der Waals surface area (Å²) in [7, 11) is 0. The number of aromatic nitrogens is 2. The molecule has 0 saturated carbocycles. The molecule has 2 N–H and O–H groups in total. The summed E-state index contributed by atoms with van der Waals surface area (Å²) < 4.78 is 1.99. The van der Waals surface area contributed by atoms with Gasteiger partial charge in [-0.15, -0.1) is 0 Å². The smallest absolute Gasteiger partial charge is 0.0854 e. The van der Waals surface area contributed by atoms with Crippen molar-refractivity contribution in [2.24, 2.45) is 0 Å². The van der Waals surface area contributed by atoms with Gasteiger partial charge >= 0.3 is 0 Å². The Morgan fingerprint density at radius 3 is 2.67 bits per heavy atom. The normalized spacial score (nSPS) is 10.8. The number of hydrogen-bond donors (Lipinski definition) is 1. The molecular formula is C14H18ClN3. The van der Waals surface area contributed by atoms with Gasteiger partial charge in [0.1, 0.15) is 0 Å². The molecule has 1 aromatic heterocycles. The van der Waals surface area contributed by atoms with Gasteiger partial charge in [-0.1, -0.05) is 37.6 Å². The van der Waals surface area contributed by atoms with Crippen molar-refractivity contribution < 1.29 is 0 Å². The molecule has 1 aromatic carbocycles. The van der Waals surface area contributed by atoms with Gasteiger partial charge in [0.05, 0.1) is 23.6 Å². The highest BCUT2D eigenvalue weighted by molar-refractivity contribution is 6.30. The number of aryl methyl sites for hydroxylation is 1. The summed E-state index contributed by atoms with van der Waals surface area (Å²) in [5.74, 6) is 0. The van der Waals surface area contributed by atoms with E-state index in [1.807, 2.05) is 22.9 Å². The van der Waals surface area contributed by atoms with E-state index in [4.69, 9.17) is 17.3 Å². The number of hydrogen-bond acceptors (Lipinski definition) is 2. The molecule has 4 heteroatoms. The van der Waals surface area contributed by atoms with E-state index < -0.39 is 0 Å². The first-order chi connectivity index (χ1) is 8.65. The minimum absolute atomic E-state index is 0.716. The van der Waals surface area contributed by atoms with Crippen LogP contribution in [0.3, 0.4) is 0 Å². The number of anilines is 1. The molecule has 0 bridgehead atoms. The molecule has 1 heterocycles. The number of nitrogen functional groups attached to an aromatic ring is 1. The van der Waals surface area contributed by atoms with E-state index in [2.05, 4.69) is 25.0 Å². The molecule has 0 amide bonds. The van der Waals surface area contributed by atoms with E-state index in [0.717, 1.165) is 40.5 Å². The lowest BCUT2D eigenvalue weighted by atomic mass is 10.2. The van der Waals surface area contributed by atoms with E-state index in [1.165, 1.54) is 0 Å². The van der Waals surface area contributed by atoms with Gasteiger partial charge in [-0.25, -0.2) is 0 Å². The number of rotatable bonds is 4. The van der Waals surface area contributed by atoms with Crippen LogP contribution in [0.15, 0.2) is 24.3 Å². The van der Waals surface area contributed by atoms with Crippen molar-refractivity contribution in [3.8, 4) is 0 Å². The van der Waals surface area contributed by atoms with Crippen molar-refractivity contribution in [1.82, 2.24) is 9.78 Å². The van der Waals surface area contributed by atoms with E-state index in [9.17, 15) is 0 Å². The zero-order valence-electron chi connectivity index (χ0n) is 10.8. The van der Waals surface area contributed by atoms with E-state index in [0.29, 0.717) is 6.54 Å². The molecule has 0 aliphatic heterocycles. The van der Waals surface area contributed by atoms with E-state index >= 15 is 0 Å². The summed E-state index contributed by atoms with van der Waals surface area (Å²) in [6.45, 7) is 4.89. The molecule has 0 fully saturated rings. The first-order valence-corrected chi connectivity index (χ1v) is 6.62. The van der Waals surface area contributed by atoms with Crippen molar-refractivity contribution in [3.63, 3.8) is 0 Å². The van der Waals surface area contributed by atoms with Gasteiger partial charge in [-0.3, -0.25) is 4.68 Å². The molecule has 0 atom stereocenters. The molecule has 0 unspecified atom stereocenters. The van der Waals surface area contributed by atoms with Crippen molar-refractivity contribution in [1.29, 1.82) is 0 Å². The Morgan fingerprint density at radius 2 is 2.06 bits per heavy atom. The van der Waals surface area contributed by atoms with Crippen LogP contribution in [-0.2, 0) is 19.4 Å². The maximum Gasteiger partial charge on any atom is 0.0854 e. The maximum atomic E-state index is 6.10. The van der Waals surface area contributed by atoms with Crippen molar-refractivity contribution >= 4 is 17.3 Å². The van der Waals surface area contributed by atoms with Crippen LogP contribution in [0, 0.1) is 0 Å². The Kier molecular flexibility index (Phi) is 3.92. The average Bonchev–Trinajstić information content (AvgIpc) is 2.65. The minimum atomic E-state index is 0.716. The quantitative estimate of drug-likeness (QED) is 0.920. The van der Waals surface area contributed by atoms with Crippen LogP contribution in [0.1, 0.15) is 30.8 Å².